The molecule has 0 saturated heterocycles. The highest BCUT2D eigenvalue weighted by Gasteiger charge is 2.24. The van der Waals surface area contributed by atoms with E-state index < -0.39 is 0 Å². The lowest BCUT2D eigenvalue weighted by Gasteiger charge is -2.20. The third kappa shape index (κ3) is 4.05. The number of rotatable bonds is 5. The first-order valence-corrected chi connectivity index (χ1v) is 6.34. The van der Waals surface area contributed by atoms with Crippen LogP contribution in [0.15, 0.2) is 24.3 Å². The highest BCUT2D eigenvalue weighted by Crippen LogP contribution is 2.18. The van der Waals surface area contributed by atoms with Crippen molar-refractivity contribution in [3.8, 4) is 0 Å². The van der Waals surface area contributed by atoms with Crippen molar-refractivity contribution in [1.82, 2.24) is 10.2 Å². The van der Waals surface area contributed by atoms with Gasteiger partial charge in [0.05, 0.1) is 6.54 Å². The number of carbonyl (C=O) groups is 2. The predicted octanol–water partition coefficient (Wildman–Crippen LogP) is 1.45. The summed E-state index contributed by atoms with van der Waals surface area (Å²) in [5.74, 6) is -0.792. The summed E-state index contributed by atoms with van der Waals surface area (Å²) in [6, 6.07) is 6.52. The Balaban J connectivity index is 1.97. The first-order chi connectivity index (χ1) is 9.06. The molecule has 102 valence electrons. The number of nitrogens with one attached hydrogen (secondary N) is 1. The van der Waals surface area contributed by atoms with Crippen molar-refractivity contribution in [2.45, 2.75) is 32.4 Å². The van der Waals surface area contributed by atoms with E-state index in [9.17, 15) is 14.0 Å². The van der Waals surface area contributed by atoms with Crippen LogP contribution in [0.4, 0.5) is 4.39 Å². The van der Waals surface area contributed by atoms with E-state index in [1.54, 1.807) is 18.2 Å². The van der Waals surface area contributed by atoms with E-state index in [1.807, 2.05) is 0 Å². The van der Waals surface area contributed by atoms with Crippen LogP contribution in [-0.4, -0.2) is 29.3 Å². The molecule has 2 rings (SSSR count). The first-order valence-electron chi connectivity index (χ1n) is 6.34. The SMILES string of the molecule is CC(=O)N(CC(=O)NC1CC1)Cc1ccccc1F. The molecule has 0 radical (unpaired) electrons. The van der Waals surface area contributed by atoms with E-state index >= 15 is 0 Å². The van der Waals surface area contributed by atoms with Gasteiger partial charge in [-0.15, -0.1) is 0 Å². The number of benzene rings is 1. The smallest absolute Gasteiger partial charge is 0.239 e. The van der Waals surface area contributed by atoms with E-state index in [0.29, 0.717) is 5.56 Å². The van der Waals surface area contributed by atoms with Gasteiger partial charge in [-0.25, -0.2) is 4.39 Å². The highest BCUT2D eigenvalue weighted by atomic mass is 19.1. The zero-order valence-corrected chi connectivity index (χ0v) is 10.9. The fraction of sp³-hybridized carbons (Fsp3) is 0.429. The van der Waals surface area contributed by atoms with Crippen LogP contribution in [0.25, 0.3) is 0 Å². The molecular weight excluding hydrogens is 247 g/mol. The summed E-state index contributed by atoms with van der Waals surface area (Å²) < 4.78 is 13.5. The Morgan fingerprint density at radius 3 is 2.63 bits per heavy atom. The van der Waals surface area contributed by atoms with Gasteiger partial charge in [-0.2, -0.15) is 0 Å². The molecule has 0 unspecified atom stereocenters. The van der Waals surface area contributed by atoms with Crippen molar-refractivity contribution in [2.24, 2.45) is 0 Å². The molecule has 0 bridgehead atoms. The van der Waals surface area contributed by atoms with Crippen LogP contribution < -0.4 is 5.32 Å². The molecule has 0 aromatic heterocycles. The third-order valence-electron chi connectivity index (χ3n) is 3.04. The molecule has 0 spiro atoms. The lowest BCUT2D eigenvalue weighted by Crippen LogP contribution is -2.40. The van der Waals surface area contributed by atoms with E-state index in [4.69, 9.17) is 0 Å². The minimum atomic E-state index is -0.364. The Morgan fingerprint density at radius 1 is 1.37 bits per heavy atom. The quantitative estimate of drug-likeness (QED) is 0.875. The maximum atomic E-state index is 13.5. The summed E-state index contributed by atoms with van der Waals surface area (Å²) in [5, 5.41) is 2.81. The summed E-state index contributed by atoms with van der Waals surface area (Å²) in [5.41, 5.74) is 0.414. The Labute approximate surface area is 111 Å². The molecule has 1 aromatic carbocycles. The Hall–Kier alpha value is -1.91. The van der Waals surface area contributed by atoms with Crippen LogP contribution in [0.5, 0.6) is 0 Å². The van der Waals surface area contributed by atoms with Gasteiger partial charge in [-0.1, -0.05) is 18.2 Å². The molecule has 5 heteroatoms. The van der Waals surface area contributed by atoms with Gasteiger partial charge >= 0.3 is 0 Å². The second-order valence-electron chi connectivity index (χ2n) is 4.81. The molecule has 4 nitrogen and oxygen atoms in total. The monoisotopic (exact) mass is 264 g/mol. The number of hydrogen-bond acceptors (Lipinski definition) is 2. The largest absolute Gasteiger partial charge is 0.352 e. The van der Waals surface area contributed by atoms with E-state index in [1.165, 1.54) is 17.9 Å². The summed E-state index contributed by atoms with van der Waals surface area (Å²) >= 11 is 0. The molecule has 1 aliphatic rings. The minimum Gasteiger partial charge on any atom is -0.352 e. The van der Waals surface area contributed by atoms with Gasteiger partial charge < -0.3 is 10.2 Å². The standard InChI is InChI=1S/C14H17FN2O2/c1-10(18)17(9-14(19)16-12-6-7-12)8-11-4-2-3-5-13(11)15/h2-5,12H,6-9H2,1H3,(H,16,19). The number of nitrogens with zero attached hydrogens (tertiary/aromatic N) is 1. The maximum absolute atomic E-state index is 13.5. The van der Waals surface area contributed by atoms with Gasteiger partial charge in [0, 0.05) is 25.1 Å². The minimum absolute atomic E-state index is 0.0276. The van der Waals surface area contributed by atoms with Crippen molar-refractivity contribution in [3.63, 3.8) is 0 Å². The summed E-state index contributed by atoms with van der Waals surface area (Å²) in [6.45, 7) is 1.46. The topological polar surface area (TPSA) is 49.4 Å². The zero-order chi connectivity index (χ0) is 13.8. The van der Waals surface area contributed by atoms with Crippen LogP contribution in [0.1, 0.15) is 25.3 Å². The average molecular weight is 264 g/mol. The van der Waals surface area contributed by atoms with Crippen LogP contribution >= 0.6 is 0 Å². The molecule has 1 fully saturated rings. The third-order valence-corrected chi connectivity index (χ3v) is 3.04. The lowest BCUT2D eigenvalue weighted by molar-refractivity contribution is -0.135. The van der Waals surface area contributed by atoms with Gasteiger partial charge in [0.15, 0.2) is 0 Å². The average Bonchev–Trinajstić information content (AvgIpc) is 3.14. The normalized spacial score (nSPS) is 14.0. The van der Waals surface area contributed by atoms with E-state index in [2.05, 4.69) is 5.32 Å². The molecule has 19 heavy (non-hydrogen) atoms. The van der Waals surface area contributed by atoms with Crippen molar-refractivity contribution in [3.05, 3.63) is 35.6 Å². The zero-order valence-electron chi connectivity index (χ0n) is 10.9. The Kier molecular flexibility index (Phi) is 4.14. The molecule has 2 amide bonds. The van der Waals surface area contributed by atoms with Crippen LogP contribution in [-0.2, 0) is 16.1 Å². The van der Waals surface area contributed by atoms with Crippen LogP contribution in [0, 0.1) is 5.82 Å². The molecular formula is C14H17FN2O2. The number of amides is 2. The van der Waals surface area contributed by atoms with Gasteiger partial charge in [0.25, 0.3) is 0 Å². The van der Waals surface area contributed by atoms with E-state index in [0.717, 1.165) is 12.8 Å². The molecule has 0 atom stereocenters. The van der Waals surface area contributed by atoms with Gasteiger partial charge in [0.1, 0.15) is 5.82 Å². The van der Waals surface area contributed by atoms with Crippen molar-refractivity contribution < 1.29 is 14.0 Å². The van der Waals surface area contributed by atoms with E-state index in [-0.39, 0.29) is 36.8 Å². The summed E-state index contributed by atoms with van der Waals surface area (Å²) in [7, 11) is 0. The molecule has 1 aromatic rings. The van der Waals surface area contributed by atoms with Gasteiger partial charge in [0.2, 0.25) is 11.8 Å². The summed E-state index contributed by atoms with van der Waals surface area (Å²) in [6.07, 6.45) is 2.00. The fourth-order valence-electron chi connectivity index (χ4n) is 1.79. The fourth-order valence-corrected chi connectivity index (χ4v) is 1.79. The second kappa shape index (κ2) is 5.82. The van der Waals surface area contributed by atoms with Crippen molar-refractivity contribution in [2.75, 3.05) is 6.54 Å². The van der Waals surface area contributed by atoms with Crippen LogP contribution in [0.2, 0.25) is 0 Å². The van der Waals surface area contributed by atoms with Gasteiger partial charge in [-0.3, -0.25) is 9.59 Å². The first kappa shape index (κ1) is 13.5. The van der Waals surface area contributed by atoms with Crippen molar-refractivity contribution >= 4 is 11.8 Å². The number of carbonyl (C=O) groups excluding carboxylic acids is 2. The van der Waals surface area contributed by atoms with Crippen molar-refractivity contribution in [1.29, 1.82) is 0 Å². The molecule has 1 aliphatic carbocycles. The highest BCUT2D eigenvalue weighted by molar-refractivity contribution is 5.84. The lowest BCUT2D eigenvalue weighted by atomic mass is 10.2. The summed E-state index contributed by atoms with van der Waals surface area (Å²) in [4.78, 5) is 24.5. The molecule has 1 N–H and O–H groups in total. The Morgan fingerprint density at radius 2 is 2.05 bits per heavy atom. The maximum Gasteiger partial charge on any atom is 0.239 e. The second-order valence-corrected chi connectivity index (χ2v) is 4.81. The molecule has 0 heterocycles. The number of halogens is 1. The van der Waals surface area contributed by atoms with Crippen LogP contribution in [0.3, 0.4) is 0 Å². The molecule has 1 saturated carbocycles. The molecule has 0 aliphatic heterocycles. The predicted molar refractivity (Wildman–Crippen MR) is 68.7 cm³/mol. The Bertz CT molecular complexity index is 486. The number of hydrogen-bond donors (Lipinski definition) is 1. The van der Waals surface area contributed by atoms with Gasteiger partial charge in [-0.05, 0) is 18.9 Å².